The molecule has 2 N–H and O–H groups in total. The van der Waals surface area contributed by atoms with Crippen LogP contribution >= 0.6 is 11.8 Å². The molecular formula is C18H28N2O3S. The second-order valence-electron chi connectivity index (χ2n) is 7.17. The Morgan fingerprint density at radius 2 is 2.04 bits per heavy atom. The zero-order valence-corrected chi connectivity index (χ0v) is 15.8. The van der Waals surface area contributed by atoms with Crippen LogP contribution in [0.1, 0.15) is 27.2 Å². The second kappa shape index (κ2) is 7.66. The maximum absolute atomic E-state index is 11.8. The smallest absolute Gasteiger partial charge is 0.407 e. The molecule has 24 heavy (non-hydrogen) atoms. The van der Waals surface area contributed by atoms with Crippen LogP contribution in [-0.4, -0.2) is 54.1 Å². The van der Waals surface area contributed by atoms with Gasteiger partial charge in [-0.1, -0.05) is 20.8 Å². The van der Waals surface area contributed by atoms with Gasteiger partial charge in [0.2, 0.25) is 0 Å². The standard InChI is InChI=1S/C18H28N2O3S/c1-17(2,3)18(13-19-10-11-20(18)16(21)22)9-12-23-14-5-7-15(24-4)8-6-14/h5-8,19H,9-13H2,1-4H3,(H,21,22). The summed E-state index contributed by atoms with van der Waals surface area (Å²) in [7, 11) is 0. The van der Waals surface area contributed by atoms with Crippen molar-refractivity contribution in [2.75, 3.05) is 32.5 Å². The second-order valence-corrected chi connectivity index (χ2v) is 8.05. The molecule has 1 aromatic carbocycles. The maximum Gasteiger partial charge on any atom is 0.407 e. The monoisotopic (exact) mass is 352 g/mol. The van der Waals surface area contributed by atoms with Crippen molar-refractivity contribution < 1.29 is 14.6 Å². The van der Waals surface area contributed by atoms with E-state index in [0.29, 0.717) is 32.7 Å². The lowest BCUT2D eigenvalue weighted by Crippen LogP contribution is -2.68. The van der Waals surface area contributed by atoms with Crippen molar-refractivity contribution >= 4 is 17.9 Å². The highest BCUT2D eigenvalue weighted by molar-refractivity contribution is 7.98. The van der Waals surface area contributed by atoms with Crippen molar-refractivity contribution in [1.29, 1.82) is 0 Å². The number of hydrogen-bond acceptors (Lipinski definition) is 4. The number of nitrogens with zero attached hydrogens (tertiary/aromatic N) is 1. The van der Waals surface area contributed by atoms with Crippen molar-refractivity contribution in [3.05, 3.63) is 24.3 Å². The van der Waals surface area contributed by atoms with Gasteiger partial charge in [-0.2, -0.15) is 0 Å². The molecule has 0 bridgehead atoms. The van der Waals surface area contributed by atoms with E-state index in [2.05, 4.69) is 26.1 Å². The van der Waals surface area contributed by atoms with E-state index in [-0.39, 0.29) is 5.41 Å². The average molecular weight is 353 g/mol. The fraction of sp³-hybridized carbons (Fsp3) is 0.611. The quantitative estimate of drug-likeness (QED) is 0.794. The highest BCUT2D eigenvalue weighted by atomic mass is 32.2. The maximum atomic E-state index is 11.8. The van der Waals surface area contributed by atoms with Crippen LogP contribution in [0, 0.1) is 5.41 Å². The summed E-state index contributed by atoms with van der Waals surface area (Å²) in [5.74, 6) is 0.822. The Labute approximate surface area is 148 Å². The molecule has 1 aliphatic rings. The molecule has 1 aromatic rings. The number of carbonyl (C=O) groups is 1. The van der Waals surface area contributed by atoms with E-state index in [1.54, 1.807) is 16.7 Å². The Morgan fingerprint density at radius 3 is 2.58 bits per heavy atom. The van der Waals surface area contributed by atoms with Crippen molar-refractivity contribution in [2.45, 2.75) is 37.6 Å². The summed E-state index contributed by atoms with van der Waals surface area (Å²) in [6, 6.07) is 7.99. The van der Waals surface area contributed by atoms with E-state index in [1.807, 2.05) is 30.5 Å². The number of rotatable bonds is 5. The highest BCUT2D eigenvalue weighted by Crippen LogP contribution is 2.39. The van der Waals surface area contributed by atoms with Crippen molar-refractivity contribution in [3.8, 4) is 5.75 Å². The molecule has 1 saturated heterocycles. The van der Waals surface area contributed by atoms with Crippen molar-refractivity contribution in [1.82, 2.24) is 10.2 Å². The molecule has 1 atom stereocenters. The number of thioether (sulfide) groups is 1. The Balaban J connectivity index is 2.09. The number of piperazine rings is 1. The van der Waals surface area contributed by atoms with Crippen LogP contribution in [0.4, 0.5) is 4.79 Å². The molecular weight excluding hydrogens is 324 g/mol. The zero-order valence-electron chi connectivity index (χ0n) is 15.0. The summed E-state index contributed by atoms with van der Waals surface area (Å²) in [6.45, 7) is 8.64. The fourth-order valence-corrected chi connectivity index (χ4v) is 3.76. The van der Waals surface area contributed by atoms with Crippen LogP contribution in [0.3, 0.4) is 0 Å². The largest absolute Gasteiger partial charge is 0.494 e. The summed E-state index contributed by atoms with van der Waals surface area (Å²) >= 11 is 1.69. The third-order valence-corrected chi connectivity index (χ3v) is 5.66. The van der Waals surface area contributed by atoms with Crippen LogP contribution in [0.15, 0.2) is 29.2 Å². The first-order valence-corrected chi connectivity index (χ1v) is 9.51. The molecule has 0 aromatic heterocycles. The van der Waals surface area contributed by atoms with Gasteiger partial charge in [-0.15, -0.1) is 11.8 Å². The Kier molecular flexibility index (Phi) is 6.04. The summed E-state index contributed by atoms with van der Waals surface area (Å²) in [5.41, 5.74) is -0.666. The molecule has 1 fully saturated rings. The SMILES string of the molecule is CSc1ccc(OCCC2(C(C)(C)C)CNCCN2C(=O)O)cc1. The third-order valence-electron chi connectivity index (χ3n) is 4.92. The first-order valence-electron chi connectivity index (χ1n) is 8.28. The van der Waals surface area contributed by atoms with Crippen molar-refractivity contribution in [3.63, 3.8) is 0 Å². The van der Waals surface area contributed by atoms with E-state index in [9.17, 15) is 9.90 Å². The van der Waals surface area contributed by atoms with Gasteiger partial charge in [0.1, 0.15) is 5.75 Å². The molecule has 1 unspecified atom stereocenters. The predicted octanol–water partition coefficient (Wildman–Crippen LogP) is 3.55. The lowest BCUT2D eigenvalue weighted by Gasteiger charge is -2.53. The third kappa shape index (κ3) is 3.98. The van der Waals surface area contributed by atoms with Gasteiger partial charge in [-0.05, 0) is 35.9 Å². The van der Waals surface area contributed by atoms with Crippen LogP contribution in [0.2, 0.25) is 0 Å². The van der Waals surface area contributed by atoms with Gasteiger partial charge in [0, 0.05) is 31.0 Å². The Hall–Kier alpha value is -1.40. The Bertz CT molecular complexity index is 556. The molecule has 0 radical (unpaired) electrons. The normalized spacial score (nSPS) is 21.6. The minimum Gasteiger partial charge on any atom is -0.494 e. The molecule has 5 nitrogen and oxygen atoms in total. The molecule has 0 spiro atoms. The van der Waals surface area contributed by atoms with E-state index >= 15 is 0 Å². The van der Waals surface area contributed by atoms with Crippen LogP contribution in [0.25, 0.3) is 0 Å². The molecule has 134 valence electrons. The van der Waals surface area contributed by atoms with Crippen LogP contribution < -0.4 is 10.1 Å². The molecule has 6 heteroatoms. The molecule has 0 saturated carbocycles. The van der Waals surface area contributed by atoms with Gasteiger partial charge in [-0.3, -0.25) is 4.90 Å². The molecule has 2 rings (SSSR count). The lowest BCUT2D eigenvalue weighted by atomic mass is 9.69. The number of carboxylic acid groups (broad SMARTS) is 1. The Morgan fingerprint density at radius 1 is 1.38 bits per heavy atom. The van der Waals surface area contributed by atoms with Gasteiger partial charge >= 0.3 is 6.09 Å². The minimum atomic E-state index is -0.851. The molecule has 1 amide bonds. The van der Waals surface area contributed by atoms with Gasteiger partial charge < -0.3 is 15.2 Å². The summed E-state index contributed by atoms with van der Waals surface area (Å²) in [5, 5.41) is 13.0. The molecule has 1 aliphatic heterocycles. The first kappa shape index (κ1) is 18.9. The predicted molar refractivity (Wildman–Crippen MR) is 98.1 cm³/mol. The van der Waals surface area contributed by atoms with Gasteiger partial charge in [0.15, 0.2) is 0 Å². The fourth-order valence-electron chi connectivity index (χ4n) is 3.35. The van der Waals surface area contributed by atoms with E-state index in [0.717, 1.165) is 5.75 Å². The van der Waals surface area contributed by atoms with Crippen LogP contribution in [-0.2, 0) is 0 Å². The number of nitrogens with one attached hydrogen (secondary N) is 1. The van der Waals surface area contributed by atoms with E-state index in [4.69, 9.17) is 4.74 Å². The average Bonchev–Trinajstić information content (AvgIpc) is 2.54. The lowest BCUT2D eigenvalue weighted by molar-refractivity contribution is -0.0271. The van der Waals surface area contributed by atoms with Crippen molar-refractivity contribution in [2.24, 2.45) is 5.41 Å². The summed E-state index contributed by atoms with van der Waals surface area (Å²) in [6.07, 6.45) is 1.84. The van der Waals surface area contributed by atoms with Gasteiger partial charge in [0.25, 0.3) is 0 Å². The minimum absolute atomic E-state index is 0.190. The van der Waals surface area contributed by atoms with E-state index in [1.165, 1.54) is 4.90 Å². The number of hydrogen-bond donors (Lipinski definition) is 2. The van der Waals surface area contributed by atoms with Gasteiger partial charge in [0.05, 0.1) is 12.1 Å². The molecule has 1 heterocycles. The van der Waals surface area contributed by atoms with Gasteiger partial charge in [-0.25, -0.2) is 4.79 Å². The number of amides is 1. The van der Waals surface area contributed by atoms with Crippen LogP contribution in [0.5, 0.6) is 5.75 Å². The van der Waals surface area contributed by atoms with E-state index < -0.39 is 11.6 Å². The topological polar surface area (TPSA) is 61.8 Å². The highest BCUT2D eigenvalue weighted by Gasteiger charge is 2.50. The zero-order chi connectivity index (χ0) is 17.8. The number of benzene rings is 1. The molecule has 0 aliphatic carbocycles. The summed E-state index contributed by atoms with van der Waals surface area (Å²) in [4.78, 5) is 14.6. The number of ether oxygens (including phenoxy) is 1. The first-order chi connectivity index (χ1) is 11.3. The summed E-state index contributed by atoms with van der Waals surface area (Å²) < 4.78 is 5.90.